The van der Waals surface area contributed by atoms with E-state index in [1.807, 2.05) is 0 Å². The maximum atomic E-state index is 10.9. The molecule has 0 unspecified atom stereocenters. The smallest absolute Gasteiger partial charge is 0.303 e. The largest absolute Gasteiger partial charge is 0.481 e. The number of fused-ring (bicyclic) bond motifs is 2. The topological polar surface area (TPSA) is 37.3 Å². The van der Waals surface area contributed by atoms with E-state index in [0.717, 1.165) is 6.42 Å². The minimum atomic E-state index is -0.728. The van der Waals surface area contributed by atoms with Gasteiger partial charge in [-0.3, -0.25) is 4.79 Å². The van der Waals surface area contributed by atoms with Gasteiger partial charge in [0.2, 0.25) is 0 Å². The van der Waals surface area contributed by atoms with E-state index in [0.29, 0.717) is 6.42 Å². The average molecular weight is 338 g/mol. The number of carboxylic acids is 1. The van der Waals surface area contributed by atoms with E-state index in [1.165, 1.54) is 48.7 Å². The Labute approximate surface area is 151 Å². The highest BCUT2D eigenvalue weighted by Crippen LogP contribution is 2.40. The van der Waals surface area contributed by atoms with Crippen LogP contribution in [0.5, 0.6) is 0 Å². The molecule has 0 aliphatic heterocycles. The van der Waals surface area contributed by atoms with Gasteiger partial charge in [0.25, 0.3) is 0 Å². The fraction of sp³-hybridized carbons (Fsp3) is 0.125. The molecule has 0 radical (unpaired) electrons. The normalized spacial score (nSPS) is 11.8. The molecule has 0 aliphatic rings. The number of benzene rings is 5. The zero-order valence-corrected chi connectivity index (χ0v) is 14.3. The first-order valence-electron chi connectivity index (χ1n) is 9.03. The summed E-state index contributed by atoms with van der Waals surface area (Å²) in [6, 6.07) is 23.9. The van der Waals surface area contributed by atoms with Crippen LogP contribution in [0.15, 0.2) is 66.7 Å². The van der Waals surface area contributed by atoms with E-state index in [9.17, 15) is 4.79 Å². The first-order chi connectivity index (χ1) is 12.7. The van der Waals surface area contributed by atoms with Gasteiger partial charge in [0.1, 0.15) is 0 Å². The number of hydrogen-bond donors (Lipinski definition) is 1. The van der Waals surface area contributed by atoms with E-state index in [2.05, 4.69) is 66.7 Å². The third-order valence-corrected chi connectivity index (χ3v) is 5.45. The van der Waals surface area contributed by atoms with Crippen LogP contribution in [0.3, 0.4) is 0 Å². The van der Waals surface area contributed by atoms with Gasteiger partial charge < -0.3 is 5.11 Å². The number of hydrogen-bond acceptors (Lipinski definition) is 1. The van der Waals surface area contributed by atoms with Crippen molar-refractivity contribution < 1.29 is 9.90 Å². The van der Waals surface area contributed by atoms with Gasteiger partial charge in [-0.2, -0.15) is 0 Å². The van der Waals surface area contributed by atoms with Crippen molar-refractivity contribution in [1.29, 1.82) is 0 Å². The number of aryl methyl sites for hydroxylation is 1. The SMILES string of the molecule is O=C(O)CCCc1ccc2c3cccc4cccc(c5cccc1c52)c43. The molecule has 0 aliphatic carbocycles. The number of aliphatic carboxylic acids is 1. The molecular weight excluding hydrogens is 320 g/mol. The van der Waals surface area contributed by atoms with Crippen molar-refractivity contribution in [3.63, 3.8) is 0 Å². The summed E-state index contributed by atoms with van der Waals surface area (Å²) < 4.78 is 0. The van der Waals surface area contributed by atoms with Crippen LogP contribution < -0.4 is 0 Å². The Balaban J connectivity index is 1.86. The predicted octanol–water partition coefficient (Wildman–Crippen LogP) is 6.14. The lowest BCUT2D eigenvalue weighted by atomic mass is 9.87. The van der Waals surface area contributed by atoms with Crippen molar-refractivity contribution in [2.24, 2.45) is 0 Å². The maximum Gasteiger partial charge on any atom is 0.303 e. The van der Waals surface area contributed by atoms with Crippen molar-refractivity contribution in [3.8, 4) is 0 Å². The third-order valence-electron chi connectivity index (χ3n) is 5.45. The van der Waals surface area contributed by atoms with Crippen molar-refractivity contribution in [1.82, 2.24) is 0 Å². The van der Waals surface area contributed by atoms with Crippen LogP contribution in [-0.2, 0) is 11.2 Å². The summed E-state index contributed by atoms with van der Waals surface area (Å²) in [6.07, 6.45) is 1.67. The minimum absolute atomic E-state index is 0.213. The molecule has 5 rings (SSSR count). The Bertz CT molecular complexity index is 1230. The number of carboxylic acid groups (broad SMARTS) is 1. The number of carbonyl (C=O) groups is 1. The van der Waals surface area contributed by atoms with Gasteiger partial charge in [-0.25, -0.2) is 0 Å². The molecule has 26 heavy (non-hydrogen) atoms. The molecule has 0 heterocycles. The van der Waals surface area contributed by atoms with Crippen LogP contribution in [0.25, 0.3) is 43.1 Å². The lowest BCUT2D eigenvalue weighted by Gasteiger charge is -2.16. The molecule has 2 heteroatoms. The highest BCUT2D eigenvalue weighted by atomic mass is 16.4. The molecule has 0 amide bonds. The van der Waals surface area contributed by atoms with Crippen molar-refractivity contribution in [3.05, 3.63) is 72.3 Å². The second kappa shape index (κ2) is 5.70. The Morgan fingerprint density at radius 3 is 1.96 bits per heavy atom. The van der Waals surface area contributed by atoms with Gasteiger partial charge in [-0.15, -0.1) is 0 Å². The summed E-state index contributed by atoms with van der Waals surface area (Å²) in [6.45, 7) is 0. The van der Waals surface area contributed by atoms with E-state index >= 15 is 0 Å². The fourth-order valence-electron chi connectivity index (χ4n) is 4.35. The van der Waals surface area contributed by atoms with Crippen LogP contribution in [0.2, 0.25) is 0 Å². The Hall–Kier alpha value is -3.13. The minimum Gasteiger partial charge on any atom is -0.481 e. The summed E-state index contributed by atoms with van der Waals surface area (Å²) in [5.41, 5.74) is 1.23. The summed E-state index contributed by atoms with van der Waals surface area (Å²) in [7, 11) is 0. The van der Waals surface area contributed by atoms with Gasteiger partial charge in [-0.05, 0) is 61.5 Å². The second-order valence-electron chi connectivity index (χ2n) is 6.96. The van der Waals surface area contributed by atoms with Gasteiger partial charge in [0, 0.05) is 6.42 Å². The Kier molecular flexibility index (Phi) is 3.32. The molecule has 5 aromatic carbocycles. The quantitative estimate of drug-likeness (QED) is 0.315. The molecule has 0 fully saturated rings. The van der Waals surface area contributed by atoms with Gasteiger partial charge >= 0.3 is 5.97 Å². The lowest BCUT2D eigenvalue weighted by molar-refractivity contribution is -0.137. The van der Waals surface area contributed by atoms with Crippen LogP contribution in [0.4, 0.5) is 0 Å². The molecule has 0 spiro atoms. The summed E-state index contributed by atoms with van der Waals surface area (Å²) in [4.78, 5) is 10.9. The zero-order chi connectivity index (χ0) is 17.7. The van der Waals surface area contributed by atoms with Gasteiger partial charge in [-0.1, -0.05) is 66.7 Å². The predicted molar refractivity (Wildman–Crippen MR) is 108 cm³/mol. The fourth-order valence-corrected chi connectivity index (χ4v) is 4.35. The molecule has 1 N–H and O–H groups in total. The van der Waals surface area contributed by atoms with Crippen LogP contribution in [0.1, 0.15) is 18.4 Å². The lowest BCUT2D eigenvalue weighted by Crippen LogP contribution is -1.97. The molecule has 0 atom stereocenters. The monoisotopic (exact) mass is 338 g/mol. The molecule has 2 nitrogen and oxygen atoms in total. The summed E-state index contributed by atoms with van der Waals surface area (Å²) in [5.74, 6) is -0.728. The molecule has 126 valence electrons. The number of rotatable bonds is 4. The Morgan fingerprint density at radius 1 is 0.692 bits per heavy atom. The second-order valence-corrected chi connectivity index (χ2v) is 6.96. The summed E-state index contributed by atoms with van der Waals surface area (Å²) >= 11 is 0. The standard InChI is InChI=1S/C24H18O2/c25-22(26)12-3-5-15-13-14-21-19-10-2-7-16-6-1-9-18(23(16)19)20-11-4-8-17(15)24(20)21/h1-2,4,6-11,13-14H,3,5,12H2,(H,25,26). The molecule has 0 aromatic heterocycles. The molecule has 0 bridgehead atoms. The van der Waals surface area contributed by atoms with Crippen LogP contribution in [-0.4, -0.2) is 11.1 Å². The first-order valence-corrected chi connectivity index (χ1v) is 9.03. The molecule has 0 saturated heterocycles. The Morgan fingerprint density at radius 2 is 1.27 bits per heavy atom. The molecular formula is C24H18O2. The third kappa shape index (κ3) is 2.15. The van der Waals surface area contributed by atoms with Crippen molar-refractivity contribution in [2.45, 2.75) is 19.3 Å². The van der Waals surface area contributed by atoms with E-state index in [-0.39, 0.29) is 6.42 Å². The zero-order valence-electron chi connectivity index (χ0n) is 14.3. The summed E-state index contributed by atoms with van der Waals surface area (Å²) in [5, 5.41) is 19.2. The molecule has 0 saturated carbocycles. The van der Waals surface area contributed by atoms with Gasteiger partial charge in [0.15, 0.2) is 0 Å². The highest BCUT2D eigenvalue weighted by Gasteiger charge is 2.14. The van der Waals surface area contributed by atoms with Crippen LogP contribution >= 0.6 is 0 Å². The van der Waals surface area contributed by atoms with E-state index in [1.54, 1.807) is 0 Å². The van der Waals surface area contributed by atoms with E-state index < -0.39 is 5.97 Å². The maximum absolute atomic E-state index is 10.9. The highest BCUT2D eigenvalue weighted by molar-refractivity contribution is 6.33. The average Bonchev–Trinajstić information content (AvgIpc) is 2.66. The van der Waals surface area contributed by atoms with Crippen molar-refractivity contribution >= 4 is 49.1 Å². The van der Waals surface area contributed by atoms with Crippen LogP contribution in [0, 0.1) is 0 Å². The van der Waals surface area contributed by atoms with Crippen molar-refractivity contribution in [2.75, 3.05) is 0 Å². The van der Waals surface area contributed by atoms with E-state index in [4.69, 9.17) is 5.11 Å². The van der Waals surface area contributed by atoms with Gasteiger partial charge in [0.05, 0.1) is 0 Å². The molecule has 5 aromatic rings. The first kappa shape index (κ1) is 15.2.